The lowest BCUT2D eigenvalue weighted by atomic mass is 10.0. The van der Waals surface area contributed by atoms with Crippen LogP contribution in [0.4, 0.5) is 11.5 Å². The van der Waals surface area contributed by atoms with Gasteiger partial charge in [0.05, 0.1) is 29.9 Å². The molecule has 1 unspecified atom stereocenters. The highest BCUT2D eigenvalue weighted by Crippen LogP contribution is 2.39. The summed E-state index contributed by atoms with van der Waals surface area (Å²) in [6.07, 6.45) is 0.586. The Hall–Kier alpha value is -3.03. The molecule has 2 heterocycles. The zero-order chi connectivity index (χ0) is 22.1. The average molecular weight is 459 g/mol. The van der Waals surface area contributed by atoms with E-state index in [4.69, 9.17) is 27.9 Å². The molecule has 7 nitrogen and oxygen atoms in total. The second-order valence-electron chi connectivity index (χ2n) is 7.08. The van der Waals surface area contributed by atoms with Crippen molar-refractivity contribution in [1.29, 1.82) is 0 Å². The molecular formula is C22H20Cl2N4O3. The van der Waals surface area contributed by atoms with Crippen LogP contribution < -0.4 is 15.4 Å². The minimum absolute atomic E-state index is 0.0887. The van der Waals surface area contributed by atoms with Crippen LogP contribution in [0.1, 0.15) is 25.1 Å². The van der Waals surface area contributed by atoms with Gasteiger partial charge in [-0.15, -0.1) is 0 Å². The Morgan fingerprint density at radius 1 is 1.23 bits per heavy atom. The zero-order valence-corrected chi connectivity index (χ0v) is 18.4. The number of rotatable bonds is 6. The summed E-state index contributed by atoms with van der Waals surface area (Å²) in [7, 11) is 1.61. The summed E-state index contributed by atoms with van der Waals surface area (Å²) in [6.45, 7) is 2.00. The van der Waals surface area contributed by atoms with Crippen molar-refractivity contribution < 1.29 is 14.3 Å². The summed E-state index contributed by atoms with van der Waals surface area (Å²) in [5.41, 5.74) is 2.99. The third kappa shape index (κ3) is 4.11. The van der Waals surface area contributed by atoms with Crippen LogP contribution in [0.15, 0.2) is 42.5 Å². The van der Waals surface area contributed by atoms with Gasteiger partial charge in [0.25, 0.3) is 5.91 Å². The second-order valence-corrected chi connectivity index (χ2v) is 7.92. The molecule has 31 heavy (non-hydrogen) atoms. The van der Waals surface area contributed by atoms with E-state index in [0.29, 0.717) is 28.0 Å². The third-order valence-electron chi connectivity index (χ3n) is 5.12. The molecule has 1 atom stereocenters. The number of hydrogen-bond acceptors (Lipinski definition) is 4. The molecule has 0 saturated carbocycles. The number of methoxy groups -OCH3 is 1. The molecule has 160 valence electrons. The van der Waals surface area contributed by atoms with Crippen LogP contribution in [0.3, 0.4) is 0 Å². The minimum Gasteiger partial charge on any atom is -0.497 e. The van der Waals surface area contributed by atoms with Gasteiger partial charge >= 0.3 is 0 Å². The number of aryl methyl sites for hydroxylation is 1. The summed E-state index contributed by atoms with van der Waals surface area (Å²) in [5.74, 6) is 0.679. The molecule has 0 saturated heterocycles. The zero-order valence-electron chi connectivity index (χ0n) is 16.9. The lowest BCUT2D eigenvalue weighted by molar-refractivity contribution is -0.123. The van der Waals surface area contributed by atoms with Gasteiger partial charge in [-0.2, -0.15) is 5.10 Å². The molecule has 1 aliphatic rings. The first-order valence-electron chi connectivity index (χ1n) is 9.72. The van der Waals surface area contributed by atoms with Crippen molar-refractivity contribution in [2.24, 2.45) is 0 Å². The highest BCUT2D eigenvalue weighted by Gasteiger charge is 2.36. The van der Waals surface area contributed by atoms with Crippen LogP contribution in [0.5, 0.6) is 5.75 Å². The Labute approximate surface area is 189 Å². The van der Waals surface area contributed by atoms with Gasteiger partial charge in [0.2, 0.25) is 5.91 Å². The van der Waals surface area contributed by atoms with E-state index >= 15 is 0 Å². The van der Waals surface area contributed by atoms with Crippen molar-refractivity contribution in [2.75, 3.05) is 17.7 Å². The third-order valence-corrected chi connectivity index (χ3v) is 5.68. The fourth-order valence-corrected chi connectivity index (χ4v) is 3.93. The minimum atomic E-state index is -0.759. The molecule has 0 fully saturated rings. The number of nitrogens with zero attached hydrogens (tertiary/aromatic N) is 2. The Kier molecular flexibility index (Phi) is 5.89. The summed E-state index contributed by atoms with van der Waals surface area (Å²) >= 11 is 12.1. The van der Waals surface area contributed by atoms with Crippen molar-refractivity contribution in [1.82, 2.24) is 9.78 Å². The van der Waals surface area contributed by atoms with E-state index < -0.39 is 6.04 Å². The first-order valence-corrected chi connectivity index (χ1v) is 10.5. The van der Waals surface area contributed by atoms with Gasteiger partial charge in [-0.05, 0) is 42.3 Å². The Morgan fingerprint density at radius 3 is 2.65 bits per heavy atom. The number of carbonyl (C=O) groups excluding carboxylic acids is 2. The number of fused-ring (bicyclic) bond motifs is 1. The molecule has 0 bridgehead atoms. The van der Waals surface area contributed by atoms with Gasteiger partial charge in [0.1, 0.15) is 17.6 Å². The molecule has 4 rings (SSSR count). The van der Waals surface area contributed by atoms with E-state index in [2.05, 4.69) is 15.7 Å². The van der Waals surface area contributed by atoms with E-state index in [1.165, 1.54) is 0 Å². The Bertz CT molecular complexity index is 1160. The largest absolute Gasteiger partial charge is 0.497 e. The van der Waals surface area contributed by atoms with Gasteiger partial charge in [-0.1, -0.05) is 42.3 Å². The highest BCUT2D eigenvalue weighted by atomic mass is 35.5. The first kappa shape index (κ1) is 21.2. The normalized spacial score (nSPS) is 14.8. The molecule has 2 aromatic carbocycles. The summed E-state index contributed by atoms with van der Waals surface area (Å²) in [4.78, 5) is 25.3. The molecule has 9 heteroatoms. The SMILES string of the molecule is CCc1nn2c(c1-c1ccc(OC)cc1)NC(=O)C2CC(=O)Nc1cc(Cl)ccc1Cl. The van der Waals surface area contributed by atoms with E-state index in [9.17, 15) is 9.59 Å². The second kappa shape index (κ2) is 8.61. The number of amides is 2. The van der Waals surface area contributed by atoms with E-state index in [-0.39, 0.29) is 18.2 Å². The Morgan fingerprint density at radius 2 is 1.97 bits per heavy atom. The van der Waals surface area contributed by atoms with Gasteiger partial charge in [-0.3, -0.25) is 9.59 Å². The molecule has 0 aliphatic carbocycles. The quantitative estimate of drug-likeness (QED) is 0.546. The summed E-state index contributed by atoms with van der Waals surface area (Å²) in [6, 6.07) is 11.6. The number of carbonyl (C=O) groups is 2. The lowest BCUT2D eigenvalue weighted by Crippen LogP contribution is -2.24. The molecule has 2 N–H and O–H groups in total. The van der Waals surface area contributed by atoms with Crippen LogP contribution >= 0.6 is 23.2 Å². The fourth-order valence-electron chi connectivity index (χ4n) is 3.60. The Balaban J connectivity index is 1.61. The van der Waals surface area contributed by atoms with Crippen molar-refractivity contribution in [2.45, 2.75) is 25.8 Å². The van der Waals surface area contributed by atoms with Crippen LogP contribution in [0, 0.1) is 0 Å². The molecular weight excluding hydrogens is 439 g/mol. The number of ether oxygens (including phenoxy) is 1. The number of nitrogens with one attached hydrogen (secondary N) is 2. The van der Waals surface area contributed by atoms with E-state index in [0.717, 1.165) is 22.6 Å². The van der Waals surface area contributed by atoms with E-state index in [1.54, 1.807) is 30.0 Å². The predicted octanol–water partition coefficient (Wildman–Crippen LogP) is 4.95. The standard InChI is InChI=1S/C22H20Cl2N4O3/c1-3-16-20(12-4-7-14(31-2)8-5-12)21-26-22(30)18(28(21)27-16)11-19(29)25-17-10-13(23)6-9-15(17)24/h4-10,18H,3,11H2,1-2H3,(H,25,29)(H,26,30). The molecule has 1 aromatic heterocycles. The van der Waals surface area contributed by atoms with Gasteiger partial charge in [0.15, 0.2) is 0 Å². The summed E-state index contributed by atoms with van der Waals surface area (Å²) < 4.78 is 6.82. The van der Waals surface area contributed by atoms with Crippen molar-refractivity contribution in [3.8, 4) is 16.9 Å². The number of aromatic nitrogens is 2. The van der Waals surface area contributed by atoms with Gasteiger partial charge in [-0.25, -0.2) is 4.68 Å². The maximum absolute atomic E-state index is 12.7. The highest BCUT2D eigenvalue weighted by molar-refractivity contribution is 6.35. The maximum atomic E-state index is 12.7. The number of halogens is 2. The van der Waals surface area contributed by atoms with Crippen LogP contribution in [0.2, 0.25) is 10.0 Å². The lowest BCUT2D eigenvalue weighted by Gasteiger charge is -2.11. The van der Waals surface area contributed by atoms with Crippen LogP contribution in [-0.2, 0) is 16.0 Å². The van der Waals surface area contributed by atoms with Crippen molar-refractivity contribution >= 4 is 46.5 Å². The maximum Gasteiger partial charge on any atom is 0.251 e. The molecule has 0 radical (unpaired) electrons. The predicted molar refractivity (Wildman–Crippen MR) is 121 cm³/mol. The number of benzene rings is 2. The van der Waals surface area contributed by atoms with Crippen LogP contribution in [0.25, 0.3) is 11.1 Å². The topological polar surface area (TPSA) is 85.2 Å². The fraction of sp³-hybridized carbons (Fsp3) is 0.227. The molecule has 3 aromatic rings. The first-order chi connectivity index (χ1) is 14.9. The monoisotopic (exact) mass is 458 g/mol. The number of hydrogen-bond donors (Lipinski definition) is 2. The van der Waals surface area contributed by atoms with E-state index in [1.807, 2.05) is 31.2 Å². The van der Waals surface area contributed by atoms with Gasteiger partial charge in [0, 0.05) is 10.6 Å². The van der Waals surface area contributed by atoms with Gasteiger partial charge < -0.3 is 15.4 Å². The smallest absolute Gasteiger partial charge is 0.251 e. The van der Waals surface area contributed by atoms with Crippen LogP contribution in [-0.4, -0.2) is 28.7 Å². The number of anilines is 2. The molecule has 1 aliphatic heterocycles. The summed E-state index contributed by atoms with van der Waals surface area (Å²) in [5, 5.41) is 11.0. The molecule has 2 amide bonds. The van der Waals surface area contributed by atoms with Crippen molar-refractivity contribution in [3.05, 3.63) is 58.2 Å². The molecule has 0 spiro atoms. The van der Waals surface area contributed by atoms with Crippen molar-refractivity contribution in [3.63, 3.8) is 0 Å². The average Bonchev–Trinajstić information content (AvgIpc) is 3.26.